The van der Waals surface area contributed by atoms with Crippen molar-refractivity contribution in [3.05, 3.63) is 33.0 Å². The minimum Gasteiger partial charge on any atom is -0.297 e. The third-order valence-corrected chi connectivity index (χ3v) is 3.75. The Bertz CT molecular complexity index is 927. The molecule has 0 bridgehead atoms. The summed E-state index contributed by atoms with van der Waals surface area (Å²) in [5, 5.41) is 6.22. The molecule has 8 heteroatoms. The monoisotopic (exact) mass is 302 g/mol. The minimum absolute atomic E-state index is 0.336. The lowest BCUT2D eigenvalue weighted by Crippen LogP contribution is -2.38. The first kappa shape index (κ1) is 14.3. The molecule has 0 fully saturated rings. The lowest BCUT2D eigenvalue weighted by atomic mass is 10.3. The summed E-state index contributed by atoms with van der Waals surface area (Å²) in [7, 11) is 3.10. The molecule has 0 aliphatic carbocycles. The largest absolute Gasteiger partial charge is 0.332 e. The molecule has 0 N–H and O–H groups in total. The first-order valence-electron chi connectivity index (χ1n) is 7.04. The normalized spacial score (nSPS) is 14.7. The number of imidazole rings is 1. The van der Waals surface area contributed by atoms with Crippen molar-refractivity contribution < 1.29 is 0 Å². The van der Waals surface area contributed by atoms with Crippen molar-refractivity contribution in [2.45, 2.75) is 20.4 Å². The molecule has 0 radical (unpaired) electrons. The SMILES string of the molecule is C/C=C\CN1N=C(C)Cn2c1nc1c2c(=O)n(C)c(=O)n1C. The first-order chi connectivity index (χ1) is 10.5. The molecule has 0 atom stereocenters. The maximum absolute atomic E-state index is 12.5. The fourth-order valence-electron chi connectivity index (χ4n) is 2.62. The third kappa shape index (κ3) is 1.91. The van der Waals surface area contributed by atoms with Gasteiger partial charge in [0.2, 0.25) is 5.95 Å². The number of hydrogen-bond donors (Lipinski definition) is 0. The van der Waals surface area contributed by atoms with Gasteiger partial charge in [-0.3, -0.25) is 18.5 Å². The van der Waals surface area contributed by atoms with Crippen LogP contribution < -0.4 is 16.3 Å². The molecule has 1 aliphatic heterocycles. The lowest BCUT2D eigenvalue weighted by Gasteiger charge is -2.23. The highest BCUT2D eigenvalue weighted by Gasteiger charge is 2.25. The fourth-order valence-corrected chi connectivity index (χ4v) is 2.62. The highest BCUT2D eigenvalue weighted by molar-refractivity contribution is 5.87. The minimum atomic E-state index is -0.384. The average molecular weight is 302 g/mol. The van der Waals surface area contributed by atoms with Gasteiger partial charge in [-0.2, -0.15) is 10.1 Å². The highest BCUT2D eigenvalue weighted by Crippen LogP contribution is 2.23. The zero-order valence-electron chi connectivity index (χ0n) is 13.1. The van der Waals surface area contributed by atoms with E-state index in [2.05, 4.69) is 10.1 Å². The van der Waals surface area contributed by atoms with Crippen LogP contribution in [0.5, 0.6) is 0 Å². The van der Waals surface area contributed by atoms with Crippen molar-refractivity contribution in [1.82, 2.24) is 18.7 Å². The Labute approximate surface area is 126 Å². The molecule has 8 nitrogen and oxygen atoms in total. The van der Waals surface area contributed by atoms with Crippen molar-refractivity contribution in [3.8, 4) is 0 Å². The molecule has 22 heavy (non-hydrogen) atoms. The lowest BCUT2D eigenvalue weighted by molar-refractivity contribution is 0.702. The Kier molecular flexibility index (Phi) is 3.23. The van der Waals surface area contributed by atoms with Gasteiger partial charge in [0.25, 0.3) is 5.56 Å². The van der Waals surface area contributed by atoms with E-state index in [9.17, 15) is 9.59 Å². The number of hydrogen-bond acceptors (Lipinski definition) is 5. The van der Waals surface area contributed by atoms with E-state index in [0.717, 1.165) is 10.3 Å². The Morgan fingerprint density at radius 3 is 2.64 bits per heavy atom. The van der Waals surface area contributed by atoms with Crippen LogP contribution in [-0.4, -0.2) is 30.9 Å². The molecule has 2 aromatic heterocycles. The summed E-state index contributed by atoms with van der Waals surface area (Å²) in [5.74, 6) is 0.581. The molecule has 0 aromatic carbocycles. The van der Waals surface area contributed by atoms with Gasteiger partial charge >= 0.3 is 5.69 Å². The maximum atomic E-state index is 12.5. The van der Waals surface area contributed by atoms with Crippen LogP contribution in [0.3, 0.4) is 0 Å². The van der Waals surface area contributed by atoms with Gasteiger partial charge in [0.15, 0.2) is 11.2 Å². The molecule has 2 aromatic rings. The molecule has 0 unspecified atom stereocenters. The fraction of sp³-hybridized carbons (Fsp3) is 0.429. The van der Waals surface area contributed by atoms with Crippen molar-refractivity contribution in [2.75, 3.05) is 11.6 Å². The molecule has 0 saturated heterocycles. The standard InChI is InChI=1S/C14H18N6O2/c1-5-6-7-20-13-15-11-10(19(13)8-9(2)16-20)12(21)18(4)14(22)17(11)3/h5-6H,7-8H2,1-4H3/b6-5-. The quantitative estimate of drug-likeness (QED) is 0.743. The summed E-state index contributed by atoms with van der Waals surface area (Å²) in [5.41, 5.74) is 0.980. The molecule has 0 spiro atoms. The smallest absolute Gasteiger partial charge is 0.297 e. The summed E-state index contributed by atoms with van der Waals surface area (Å²) in [6.45, 7) is 4.89. The van der Waals surface area contributed by atoms with E-state index in [1.807, 2.05) is 30.6 Å². The number of allylic oxidation sites excluding steroid dienone is 1. The average Bonchev–Trinajstić information content (AvgIpc) is 2.87. The van der Waals surface area contributed by atoms with Gasteiger partial charge < -0.3 is 0 Å². The van der Waals surface area contributed by atoms with Crippen LogP contribution >= 0.6 is 0 Å². The van der Waals surface area contributed by atoms with Crippen LogP contribution in [0.4, 0.5) is 5.95 Å². The van der Waals surface area contributed by atoms with Crippen LogP contribution in [0.2, 0.25) is 0 Å². The number of aromatic nitrogens is 4. The number of anilines is 1. The molecule has 3 rings (SSSR count). The van der Waals surface area contributed by atoms with E-state index in [-0.39, 0.29) is 11.2 Å². The van der Waals surface area contributed by atoms with Crippen molar-refractivity contribution >= 4 is 22.8 Å². The Morgan fingerprint density at radius 2 is 1.95 bits per heavy atom. The van der Waals surface area contributed by atoms with Gasteiger partial charge in [0.05, 0.1) is 18.8 Å². The summed E-state index contributed by atoms with van der Waals surface area (Å²) in [4.78, 5) is 29.0. The van der Waals surface area contributed by atoms with Gasteiger partial charge in [0.1, 0.15) is 0 Å². The Balaban J connectivity index is 2.35. The van der Waals surface area contributed by atoms with Crippen LogP contribution in [0.15, 0.2) is 26.8 Å². The second-order valence-corrected chi connectivity index (χ2v) is 5.36. The van der Waals surface area contributed by atoms with Gasteiger partial charge in [-0.15, -0.1) is 0 Å². The maximum Gasteiger partial charge on any atom is 0.332 e. The second kappa shape index (κ2) is 4.97. The van der Waals surface area contributed by atoms with Gasteiger partial charge in [-0.25, -0.2) is 9.80 Å². The summed E-state index contributed by atoms with van der Waals surface area (Å²) in [6.07, 6.45) is 3.89. The molecule has 0 saturated carbocycles. The van der Waals surface area contributed by atoms with E-state index in [4.69, 9.17) is 0 Å². The predicted molar refractivity (Wildman–Crippen MR) is 85.5 cm³/mol. The van der Waals surface area contributed by atoms with Gasteiger partial charge in [-0.05, 0) is 13.8 Å². The second-order valence-electron chi connectivity index (χ2n) is 5.36. The van der Waals surface area contributed by atoms with E-state index < -0.39 is 0 Å². The van der Waals surface area contributed by atoms with Crippen LogP contribution in [0.25, 0.3) is 11.2 Å². The van der Waals surface area contributed by atoms with E-state index in [0.29, 0.717) is 30.2 Å². The van der Waals surface area contributed by atoms with E-state index >= 15 is 0 Å². The van der Waals surface area contributed by atoms with Crippen molar-refractivity contribution in [3.63, 3.8) is 0 Å². The number of rotatable bonds is 2. The highest BCUT2D eigenvalue weighted by atomic mass is 16.2. The van der Waals surface area contributed by atoms with Gasteiger partial charge in [-0.1, -0.05) is 12.2 Å². The number of nitrogens with zero attached hydrogens (tertiary/aromatic N) is 6. The summed E-state index contributed by atoms with van der Waals surface area (Å²) in [6, 6.07) is 0. The van der Waals surface area contributed by atoms with Crippen molar-refractivity contribution in [2.24, 2.45) is 19.2 Å². The van der Waals surface area contributed by atoms with Gasteiger partial charge in [0, 0.05) is 14.1 Å². The first-order valence-corrected chi connectivity index (χ1v) is 7.04. The van der Waals surface area contributed by atoms with Crippen molar-refractivity contribution in [1.29, 1.82) is 0 Å². The summed E-state index contributed by atoms with van der Waals surface area (Å²) < 4.78 is 4.32. The Morgan fingerprint density at radius 1 is 1.23 bits per heavy atom. The van der Waals surface area contributed by atoms with E-state index in [1.165, 1.54) is 11.6 Å². The Hall–Kier alpha value is -2.64. The molecule has 3 heterocycles. The van der Waals surface area contributed by atoms with Crippen LogP contribution in [0, 0.1) is 0 Å². The number of aryl methyl sites for hydroxylation is 1. The van der Waals surface area contributed by atoms with E-state index in [1.54, 1.807) is 12.1 Å². The molecular weight excluding hydrogens is 284 g/mol. The molecule has 1 aliphatic rings. The zero-order valence-corrected chi connectivity index (χ0v) is 13.1. The molecule has 116 valence electrons. The molecular formula is C14H18N6O2. The van der Waals surface area contributed by atoms with Crippen LogP contribution in [0.1, 0.15) is 13.8 Å². The number of fused-ring (bicyclic) bond motifs is 3. The number of hydrazone groups is 1. The molecule has 0 amide bonds. The zero-order chi connectivity index (χ0) is 16.0. The topological polar surface area (TPSA) is 77.4 Å². The predicted octanol–water partition coefficient (Wildman–Crippen LogP) is 0.206. The third-order valence-electron chi connectivity index (χ3n) is 3.75. The van der Waals surface area contributed by atoms with Crippen LogP contribution in [-0.2, 0) is 20.6 Å². The summed E-state index contributed by atoms with van der Waals surface area (Å²) >= 11 is 0.